The number of nitrogens with zero attached hydrogens (tertiary/aromatic N) is 2. The Hall–Kier alpha value is -2.49. The molecule has 2 aromatic heterocycles. The number of nitrogens with one attached hydrogen (secondary N) is 1. The van der Waals surface area contributed by atoms with Crippen LogP contribution in [0.15, 0.2) is 53.8 Å². The number of rotatable bonds is 6. The molecule has 1 unspecified atom stereocenters. The predicted molar refractivity (Wildman–Crippen MR) is 89.5 cm³/mol. The molecule has 0 aliphatic rings. The van der Waals surface area contributed by atoms with Gasteiger partial charge in [-0.2, -0.15) is 5.26 Å². The van der Waals surface area contributed by atoms with E-state index in [2.05, 4.69) is 16.0 Å². The van der Waals surface area contributed by atoms with Crippen LogP contribution >= 0.6 is 11.8 Å². The molecule has 0 aliphatic carbocycles. The second-order valence-electron chi connectivity index (χ2n) is 4.97. The first-order valence-corrected chi connectivity index (χ1v) is 8.11. The molecule has 116 valence electrons. The number of aromatic amines is 1. The zero-order chi connectivity index (χ0) is 16.1. The molecule has 2 N–H and O–H groups in total. The van der Waals surface area contributed by atoms with E-state index in [0.717, 1.165) is 21.7 Å². The van der Waals surface area contributed by atoms with E-state index in [1.54, 1.807) is 18.3 Å². The van der Waals surface area contributed by atoms with Crippen molar-refractivity contribution in [1.29, 1.82) is 5.26 Å². The summed E-state index contributed by atoms with van der Waals surface area (Å²) < 4.78 is 5.72. The van der Waals surface area contributed by atoms with Crippen LogP contribution in [0.25, 0.3) is 10.9 Å². The van der Waals surface area contributed by atoms with Gasteiger partial charge in [0.2, 0.25) is 0 Å². The number of aliphatic hydroxyl groups is 1. The van der Waals surface area contributed by atoms with Gasteiger partial charge in [0.05, 0.1) is 22.8 Å². The molecule has 0 fully saturated rings. The molecule has 5 nitrogen and oxygen atoms in total. The largest absolute Gasteiger partial charge is 0.490 e. The molecule has 2 heterocycles. The topological polar surface area (TPSA) is 81.9 Å². The van der Waals surface area contributed by atoms with Crippen molar-refractivity contribution >= 4 is 22.7 Å². The van der Waals surface area contributed by atoms with E-state index in [1.165, 1.54) is 11.8 Å². The molecule has 0 amide bonds. The molecule has 23 heavy (non-hydrogen) atoms. The third-order valence-electron chi connectivity index (χ3n) is 3.27. The maximum atomic E-state index is 10.1. The van der Waals surface area contributed by atoms with Gasteiger partial charge in [-0.3, -0.25) is 0 Å². The van der Waals surface area contributed by atoms with Crippen LogP contribution in [0.1, 0.15) is 5.56 Å². The highest BCUT2D eigenvalue weighted by atomic mass is 32.2. The van der Waals surface area contributed by atoms with E-state index in [1.807, 2.05) is 30.5 Å². The molecular formula is C17H15N3O2S. The second-order valence-corrected chi connectivity index (χ2v) is 6.01. The molecule has 3 aromatic rings. The number of aromatic nitrogens is 2. The number of fused-ring (bicyclic) bond motifs is 1. The maximum Gasteiger partial charge on any atom is 0.128 e. The number of ether oxygens (including phenoxy) is 1. The summed E-state index contributed by atoms with van der Waals surface area (Å²) >= 11 is 1.40. The van der Waals surface area contributed by atoms with Crippen molar-refractivity contribution in [3.8, 4) is 11.8 Å². The number of hydrogen-bond donors (Lipinski definition) is 2. The minimum absolute atomic E-state index is 0.204. The summed E-state index contributed by atoms with van der Waals surface area (Å²) in [6.07, 6.45) is 2.83. The SMILES string of the molecule is N#Cc1ccnc(SCC(O)COc2cccc3[nH]ccc23)c1. The average Bonchev–Trinajstić information content (AvgIpc) is 3.07. The van der Waals surface area contributed by atoms with Crippen LogP contribution in [0.3, 0.4) is 0 Å². The lowest BCUT2D eigenvalue weighted by Crippen LogP contribution is -2.20. The number of H-pyrrole nitrogens is 1. The quantitative estimate of drug-likeness (QED) is 0.681. The summed E-state index contributed by atoms with van der Waals surface area (Å²) in [5, 5.41) is 20.6. The van der Waals surface area contributed by atoms with Crippen molar-refractivity contribution in [2.75, 3.05) is 12.4 Å². The van der Waals surface area contributed by atoms with E-state index in [-0.39, 0.29) is 6.61 Å². The first-order valence-electron chi connectivity index (χ1n) is 7.12. The molecule has 0 bridgehead atoms. The van der Waals surface area contributed by atoms with E-state index < -0.39 is 6.10 Å². The number of pyridine rings is 1. The average molecular weight is 325 g/mol. The van der Waals surface area contributed by atoms with Crippen molar-refractivity contribution in [3.05, 3.63) is 54.4 Å². The van der Waals surface area contributed by atoms with E-state index >= 15 is 0 Å². The van der Waals surface area contributed by atoms with Crippen molar-refractivity contribution in [2.45, 2.75) is 11.1 Å². The fraction of sp³-hybridized carbons (Fsp3) is 0.176. The Labute approximate surface area is 137 Å². The van der Waals surface area contributed by atoms with Crippen LogP contribution < -0.4 is 4.74 Å². The molecule has 0 saturated carbocycles. The second kappa shape index (κ2) is 7.18. The Morgan fingerprint density at radius 3 is 3.13 bits per heavy atom. The number of hydrogen-bond acceptors (Lipinski definition) is 5. The minimum atomic E-state index is -0.623. The number of nitriles is 1. The van der Waals surface area contributed by atoms with Crippen molar-refractivity contribution in [1.82, 2.24) is 9.97 Å². The lowest BCUT2D eigenvalue weighted by atomic mass is 10.2. The van der Waals surface area contributed by atoms with Crippen LogP contribution in [0.4, 0.5) is 0 Å². The number of thioether (sulfide) groups is 1. The van der Waals surface area contributed by atoms with Gasteiger partial charge in [-0.25, -0.2) is 4.98 Å². The molecule has 0 aliphatic heterocycles. The standard InChI is InChI=1S/C17H15N3O2S/c18-9-12-4-6-20-17(8-12)23-11-13(21)10-22-16-3-1-2-15-14(16)5-7-19-15/h1-8,13,19,21H,10-11H2. The van der Waals surface area contributed by atoms with Gasteiger partial charge in [0.1, 0.15) is 12.4 Å². The van der Waals surface area contributed by atoms with Gasteiger partial charge < -0.3 is 14.8 Å². The highest BCUT2D eigenvalue weighted by Crippen LogP contribution is 2.25. The summed E-state index contributed by atoms with van der Waals surface area (Å²) in [6.45, 7) is 0.204. The van der Waals surface area contributed by atoms with Crippen LogP contribution in [0.2, 0.25) is 0 Å². The van der Waals surface area contributed by atoms with E-state index in [4.69, 9.17) is 10.00 Å². The zero-order valence-electron chi connectivity index (χ0n) is 12.3. The summed E-state index contributed by atoms with van der Waals surface area (Å²) in [5.74, 6) is 1.20. The first kappa shape index (κ1) is 15.4. The summed E-state index contributed by atoms with van der Waals surface area (Å²) in [7, 11) is 0. The lowest BCUT2D eigenvalue weighted by Gasteiger charge is -2.12. The molecule has 6 heteroatoms. The van der Waals surface area contributed by atoms with Gasteiger partial charge in [0.25, 0.3) is 0 Å². The van der Waals surface area contributed by atoms with Gasteiger partial charge in [-0.1, -0.05) is 6.07 Å². The summed E-state index contributed by atoms with van der Waals surface area (Å²) in [6, 6.07) is 13.1. The molecule has 0 saturated heterocycles. The number of aliphatic hydroxyl groups excluding tert-OH is 1. The first-order chi connectivity index (χ1) is 11.3. The summed E-state index contributed by atoms with van der Waals surface area (Å²) in [5.41, 5.74) is 1.57. The van der Waals surface area contributed by atoms with Gasteiger partial charge in [0.15, 0.2) is 0 Å². The third kappa shape index (κ3) is 3.83. The fourth-order valence-corrected chi connectivity index (χ4v) is 2.96. The lowest BCUT2D eigenvalue weighted by molar-refractivity contribution is 0.127. The smallest absolute Gasteiger partial charge is 0.128 e. The highest BCUT2D eigenvalue weighted by Gasteiger charge is 2.09. The Morgan fingerprint density at radius 1 is 1.35 bits per heavy atom. The zero-order valence-corrected chi connectivity index (χ0v) is 13.1. The Kier molecular flexibility index (Phi) is 4.81. The van der Waals surface area contributed by atoms with Gasteiger partial charge >= 0.3 is 0 Å². The Balaban J connectivity index is 1.54. The minimum Gasteiger partial charge on any atom is -0.490 e. The summed E-state index contributed by atoms with van der Waals surface area (Å²) in [4.78, 5) is 7.29. The highest BCUT2D eigenvalue weighted by molar-refractivity contribution is 7.99. The Bertz CT molecular complexity index is 841. The molecule has 0 radical (unpaired) electrons. The van der Waals surface area contributed by atoms with Gasteiger partial charge in [-0.05, 0) is 30.3 Å². The fourth-order valence-electron chi connectivity index (χ4n) is 2.16. The normalized spacial score (nSPS) is 12.0. The van der Waals surface area contributed by atoms with Crippen molar-refractivity contribution in [2.24, 2.45) is 0 Å². The third-order valence-corrected chi connectivity index (χ3v) is 4.34. The maximum absolute atomic E-state index is 10.1. The van der Waals surface area contributed by atoms with Crippen LogP contribution in [-0.2, 0) is 0 Å². The molecule has 3 rings (SSSR count). The number of benzene rings is 1. The van der Waals surface area contributed by atoms with Crippen molar-refractivity contribution in [3.63, 3.8) is 0 Å². The monoisotopic (exact) mass is 325 g/mol. The van der Waals surface area contributed by atoms with E-state index in [9.17, 15) is 5.11 Å². The molecular weight excluding hydrogens is 310 g/mol. The van der Waals surface area contributed by atoms with Crippen molar-refractivity contribution < 1.29 is 9.84 Å². The van der Waals surface area contributed by atoms with Gasteiger partial charge in [-0.15, -0.1) is 11.8 Å². The van der Waals surface area contributed by atoms with Crippen LogP contribution in [0, 0.1) is 11.3 Å². The predicted octanol–water partition coefficient (Wildman–Crippen LogP) is 2.97. The van der Waals surface area contributed by atoms with Gasteiger partial charge in [0, 0.05) is 29.0 Å². The molecule has 1 atom stereocenters. The van der Waals surface area contributed by atoms with Crippen LogP contribution in [-0.4, -0.2) is 33.5 Å². The Morgan fingerprint density at radius 2 is 2.26 bits per heavy atom. The van der Waals surface area contributed by atoms with Crippen LogP contribution in [0.5, 0.6) is 5.75 Å². The molecule has 1 aromatic carbocycles. The van der Waals surface area contributed by atoms with E-state index in [0.29, 0.717) is 11.3 Å². The molecule has 0 spiro atoms.